The van der Waals surface area contributed by atoms with E-state index in [4.69, 9.17) is 16.3 Å². The minimum Gasteiger partial charge on any atom is -0.489 e. The quantitative estimate of drug-likeness (QED) is 0.773. The molecule has 0 aliphatic carbocycles. The van der Waals surface area contributed by atoms with Crippen LogP contribution >= 0.6 is 11.6 Å². The van der Waals surface area contributed by atoms with Crippen LogP contribution in [0.15, 0.2) is 42.5 Å². The predicted octanol–water partition coefficient (Wildman–Crippen LogP) is 4.54. The zero-order valence-corrected chi connectivity index (χ0v) is 10.8. The molecule has 0 aliphatic heterocycles. The fraction of sp³-hybridized carbons (Fsp3) is 0.200. The summed E-state index contributed by atoms with van der Waals surface area (Å²) >= 11 is 6.11. The van der Waals surface area contributed by atoms with E-state index in [1.165, 1.54) is 0 Å². The van der Waals surface area contributed by atoms with Gasteiger partial charge < -0.3 is 4.74 Å². The number of rotatable bonds is 3. The Balaban J connectivity index is 2.10. The topological polar surface area (TPSA) is 9.23 Å². The molecule has 0 bridgehead atoms. The zero-order valence-electron chi connectivity index (χ0n) is 10.0. The maximum absolute atomic E-state index is 6.11. The van der Waals surface area contributed by atoms with E-state index in [2.05, 4.69) is 12.1 Å². The van der Waals surface area contributed by atoms with Crippen molar-refractivity contribution in [1.29, 1.82) is 0 Å². The molecule has 88 valence electrons. The highest BCUT2D eigenvalue weighted by Crippen LogP contribution is 2.26. The van der Waals surface area contributed by atoms with Crippen molar-refractivity contribution in [3.63, 3.8) is 0 Å². The van der Waals surface area contributed by atoms with Crippen LogP contribution in [0.1, 0.15) is 16.7 Å². The molecule has 0 saturated carbocycles. The molecular weight excluding hydrogens is 232 g/mol. The third-order valence-electron chi connectivity index (χ3n) is 2.66. The predicted molar refractivity (Wildman–Crippen MR) is 71.7 cm³/mol. The third-order valence-corrected chi connectivity index (χ3v) is 3.25. The van der Waals surface area contributed by atoms with Gasteiger partial charge in [-0.15, -0.1) is 0 Å². The summed E-state index contributed by atoms with van der Waals surface area (Å²) in [5.74, 6) is 0.869. The first kappa shape index (κ1) is 12.0. The minimum absolute atomic E-state index is 0.585. The van der Waals surface area contributed by atoms with Gasteiger partial charge in [-0.05, 0) is 42.7 Å². The molecule has 1 nitrogen and oxygen atoms in total. The number of halogens is 1. The summed E-state index contributed by atoms with van der Waals surface area (Å²) in [6, 6.07) is 14.1. The van der Waals surface area contributed by atoms with Crippen LogP contribution in [0.4, 0.5) is 0 Å². The molecule has 2 aromatic rings. The van der Waals surface area contributed by atoms with Gasteiger partial charge in [0.15, 0.2) is 0 Å². The van der Waals surface area contributed by atoms with E-state index >= 15 is 0 Å². The van der Waals surface area contributed by atoms with Gasteiger partial charge in [-0.1, -0.05) is 41.9 Å². The van der Waals surface area contributed by atoms with E-state index in [1.807, 2.05) is 44.2 Å². The van der Waals surface area contributed by atoms with Crippen LogP contribution in [0, 0.1) is 13.8 Å². The monoisotopic (exact) mass is 246 g/mol. The van der Waals surface area contributed by atoms with Gasteiger partial charge in [0, 0.05) is 5.02 Å². The smallest absolute Gasteiger partial charge is 0.120 e. The molecule has 0 heterocycles. The summed E-state index contributed by atoms with van der Waals surface area (Å²) in [4.78, 5) is 0. The highest BCUT2D eigenvalue weighted by Gasteiger charge is 2.03. The van der Waals surface area contributed by atoms with E-state index in [1.54, 1.807) is 0 Å². The lowest BCUT2D eigenvalue weighted by molar-refractivity contribution is 0.306. The van der Waals surface area contributed by atoms with Crippen LogP contribution in [0.2, 0.25) is 5.02 Å². The molecule has 17 heavy (non-hydrogen) atoms. The molecule has 0 spiro atoms. The van der Waals surface area contributed by atoms with Crippen molar-refractivity contribution in [2.24, 2.45) is 0 Å². The third kappa shape index (κ3) is 3.01. The van der Waals surface area contributed by atoms with Gasteiger partial charge in [0.1, 0.15) is 12.4 Å². The molecule has 2 heteroatoms. The molecule has 0 saturated heterocycles. The standard InChI is InChI=1S/C15H15ClO/c1-11-8-14(9-12(2)15(11)16)17-10-13-6-4-3-5-7-13/h3-9H,10H2,1-2H3. The Labute approximate surface area is 107 Å². The van der Waals surface area contributed by atoms with Gasteiger partial charge in [0.05, 0.1) is 0 Å². The first-order valence-electron chi connectivity index (χ1n) is 5.60. The average molecular weight is 247 g/mol. The van der Waals surface area contributed by atoms with Gasteiger partial charge in [-0.2, -0.15) is 0 Å². The molecular formula is C15H15ClO. The van der Waals surface area contributed by atoms with Gasteiger partial charge in [-0.3, -0.25) is 0 Å². The SMILES string of the molecule is Cc1cc(OCc2ccccc2)cc(C)c1Cl. The van der Waals surface area contributed by atoms with Crippen molar-refractivity contribution >= 4 is 11.6 Å². The summed E-state index contributed by atoms with van der Waals surface area (Å²) in [6.45, 7) is 4.57. The van der Waals surface area contributed by atoms with Crippen LogP contribution in [-0.2, 0) is 6.61 Å². The normalized spacial score (nSPS) is 10.3. The Morgan fingerprint density at radius 2 is 1.59 bits per heavy atom. The van der Waals surface area contributed by atoms with E-state index in [0.717, 1.165) is 27.5 Å². The van der Waals surface area contributed by atoms with Crippen molar-refractivity contribution in [3.05, 3.63) is 64.2 Å². The van der Waals surface area contributed by atoms with Crippen LogP contribution in [0.3, 0.4) is 0 Å². The largest absolute Gasteiger partial charge is 0.489 e. The van der Waals surface area contributed by atoms with Crippen LogP contribution in [0.25, 0.3) is 0 Å². The summed E-state index contributed by atoms with van der Waals surface area (Å²) in [5, 5.41) is 0.817. The van der Waals surface area contributed by atoms with E-state index in [-0.39, 0.29) is 0 Å². The fourth-order valence-electron chi connectivity index (χ4n) is 1.73. The highest BCUT2D eigenvalue weighted by atomic mass is 35.5. The second kappa shape index (κ2) is 5.24. The maximum atomic E-state index is 6.11. The van der Waals surface area contributed by atoms with Crippen LogP contribution in [0.5, 0.6) is 5.75 Å². The lowest BCUT2D eigenvalue weighted by atomic mass is 10.1. The van der Waals surface area contributed by atoms with Crippen molar-refractivity contribution in [2.45, 2.75) is 20.5 Å². The molecule has 0 aliphatic rings. The van der Waals surface area contributed by atoms with Gasteiger partial charge in [-0.25, -0.2) is 0 Å². The Morgan fingerprint density at radius 1 is 1.00 bits per heavy atom. The minimum atomic E-state index is 0.585. The Hall–Kier alpha value is -1.47. The zero-order chi connectivity index (χ0) is 12.3. The molecule has 2 aromatic carbocycles. The van der Waals surface area contributed by atoms with Crippen molar-refractivity contribution < 1.29 is 4.74 Å². The number of hydrogen-bond acceptors (Lipinski definition) is 1. The summed E-state index contributed by atoms with van der Waals surface area (Å²) in [7, 11) is 0. The van der Waals surface area contributed by atoms with E-state index in [9.17, 15) is 0 Å². The molecule has 2 rings (SSSR count). The number of hydrogen-bond donors (Lipinski definition) is 0. The van der Waals surface area contributed by atoms with Crippen molar-refractivity contribution in [2.75, 3.05) is 0 Å². The Bertz CT molecular complexity index is 483. The van der Waals surface area contributed by atoms with Gasteiger partial charge in [0.2, 0.25) is 0 Å². The first-order valence-corrected chi connectivity index (χ1v) is 5.98. The van der Waals surface area contributed by atoms with Crippen LogP contribution < -0.4 is 4.74 Å². The molecule has 0 N–H and O–H groups in total. The molecule has 0 radical (unpaired) electrons. The molecule has 0 fully saturated rings. The molecule has 0 atom stereocenters. The Morgan fingerprint density at radius 3 is 2.18 bits per heavy atom. The summed E-state index contributed by atoms with van der Waals surface area (Å²) in [6.07, 6.45) is 0. The maximum Gasteiger partial charge on any atom is 0.120 e. The average Bonchev–Trinajstić information content (AvgIpc) is 2.34. The molecule has 0 unspecified atom stereocenters. The lowest BCUT2D eigenvalue weighted by Crippen LogP contribution is -1.96. The second-order valence-electron chi connectivity index (χ2n) is 4.15. The van der Waals surface area contributed by atoms with Crippen molar-refractivity contribution in [1.82, 2.24) is 0 Å². The van der Waals surface area contributed by atoms with E-state index < -0.39 is 0 Å². The van der Waals surface area contributed by atoms with Gasteiger partial charge >= 0.3 is 0 Å². The number of ether oxygens (including phenoxy) is 1. The fourth-order valence-corrected chi connectivity index (χ4v) is 1.84. The molecule has 0 aromatic heterocycles. The number of benzene rings is 2. The first-order chi connectivity index (χ1) is 8.16. The second-order valence-corrected chi connectivity index (χ2v) is 4.52. The van der Waals surface area contributed by atoms with Gasteiger partial charge in [0.25, 0.3) is 0 Å². The van der Waals surface area contributed by atoms with Crippen LogP contribution in [-0.4, -0.2) is 0 Å². The summed E-state index contributed by atoms with van der Waals surface area (Å²) < 4.78 is 5.75. The highest BCUT2D eigenvalue weighted by molar-refractivity contribution is 6.32. The number of aryl methyl sites for hydroxylation is 2. The van der Waals surface area contributed by atoms with E-state index in [0.29, 0.717) is 6.61 Å². The summed E-state index contributed by atoms with van der Waals surface area (Å²) in [5.41, 5.74) is 3.27. The molecule has 0 amide bonds. The Kier molecular flexibility index (Phi) is 3.70. The van der Waals surface area contributed by atoms with Crippen molar-refractivity contribution in [3.8, 4) is 5.75 Å². The lowest BCUT2D eigenvalue weighted by Gasteiger charge is -2.10.